The number of benzene rings is 3. The largest absolute Gasteiger partial charge is 0.497 e. The third-order valence-corrected chi connectivity index (χ3v) is 4.72. The van der Waals surface area contributed by atoms with E-state index in [1.54, 1.807) is 13.2 Å². The van der Waals surface area contributed by atoms with E-state index in [0.29, 0.717) is 17.1 Å². The van der Waals surface area contributed by atoms with Gasteiger partial charge in [0.2, 0.25) is 0 Å². The van der Waals surface area contributed by atoms with Crippen LogP contribution in [0.5, 0.6) is 5.75 Å². The van der Waals surface area contributed by atoms with Crippen molar-refractivity contribution in [3.8, 4) is 17.0 Å². The van der Waals surface area contributed by atoms with Crippen LogP contribution in [0.2, 0.25) is 0 Å². The monoisotopic (exact) mass is 384 g/mol. The Morgan fingerprint density at radius 3 is 2.59 bits per heavy atom. The average Bonchev–Trinajstić information content (AvgIpc) is 3.27. The zero-order valence-corrected chi connectivity index (χ0v) is 16.1. The number of hydrazone groups is 1. The highest BCUT2D eigenvalue weighted by molar-refractivity contribution is 6.01. The number of fused-ring (bicyclic) bond motifs is 1. The Hall–Kier alpha value is -3.93. The molecule has 1 heterocycles. The van der Waals surface area contributed by atoms with Crippen LogP contribution in [0.1, 0.15) is 23.0 Å². The van der Waals surface area contributed by atoms with Gasteiger partial charge in [-0.2, -0.15) is 10.2 Å². The summed E-state index contributed by atoms with van der Waals surface area (Å²) in [6.07, 6.45) is 0. The number of nitrogens with one attached hydrogen (secondary N) is 2. The molecule has 3 aromatic carbocycles. The summed E-state index contributed by atoms with van der Waals surface area (Å²) in [4.78, 5) is 12.5. The van der Waals surface area contributed by atoms with Gasteiger partial charge in [0.25, 0.3) is 5.91 Å². The maximum absolute atomic E-state index is 12.5. The molecule has 0 saturated carbocycles. The Labute approximate surface area is 168 Å². The molecular weight excluding hydrogens is 364 g/mol. The number of rotatable bonds is 5. The fourth-order valence-corrected chi connectivity index (χ4v) is 3.12. The molecule has 0 bridgehead atoms. The highest BCUT2D eigenvalue weighted by Crippen LogP contribution is 2.27. The van der Waals surface area contributed by atoms with E-state index in [4.69, 9.17) is 4.74 Å². The molecule has 144 valence electrons. The lowest BCUT2D eigenvalue weighted by Gasteiger charge is -2.04. The van der Waals surface area contributed by atoms with Crippen LogP contribution in [0, 0.1) is 0 Å². The highest BCUT2D eigenvalue weighted by atomic mass is 16.5. The van der Waals surface area contributed by atoms with Crippen molar-refractivity contribution in [2.75, 3.05) is 7.11 Å². The van der Waals surface area contributed by atoms with Gasteiger partial charge >= 0.3 is 0 Å². The second kappa shape index (κ2) is 7.98. The van der Waals surface area contributed by atoms with Gasteiger partial charge < -0.3 is 4.74 Å². The van der Waals surface area contributed by atoms with Crippen molar-refractivity contribution in [1.29, 1.82) is 0 Å². The summed E-state index contributed by atoms with van der Waals surface area (Å²) in [6.45, 7) is 1.83. The van der Waals surface area contributed by atoms with Crippen LogP contribution < -0.4 is 10.2 Å². The first-order valence-electron chi connectivity index (χ1n) is 9.18. The first kappa shape index (κ1) is 18.4. The second-order valence-electron chi connectivity index (χ2n) is 6.56. The number of amides is 1. The molecule has 29 heavy (non-hydrogen) atoms. The fraction of sp³-hybridized carbons (Fsp3) is 0.0870. The Kier molecular flexibility index (Phi) is 5.07. The summed E-state index contributed by atoms with van der Waals surface area (Å²) < 4.78 is 5.15. The van der Waals surface area contributed by atoms with Gasteiger partial charge in [0, 0.05) is 5.56 Å². The molecule has 0 unspecified atom stereocenters. The van der Waals surface area contributed by atoms with Gasteiger partial charge in [-0.15, -0.1) is 0 Å². The lowest BCUT2D eigenvalue weighted by Crippen LogP contribution is -2.19. The van der Waals surface area contributed by atoms with Crippen LogP contribution in [0.15, 0.2) is 77.9 Å². The number of ether oxygens (including phenoxy) is 1. The van der Waals surface area contributed by atoms with E-state index >= 15 is 0 Å². The van der Waals surface area contributed by atoms with Crippen molar-refractivity contribution in [3.05, 3.63) is 84.1 Å². The molecule has 0 aliphatic heterocycles. The zero-order valence-electron chi connectivity index (χ0n) is 16.1. The minimum Gasteiger partial charge on any atom is -0.497 e. The number of carbonyl (C=O) groups is 1. The first-order valence-corrected chi connectivity index (χ1v) is 9.18. The summed E-state index contributed by atoms with van der Waals surface area (Å²) in [5.74, 6) is 0.417. The molecule has 6 heteroatoms. The van der Waals surface area contributed by atoms with Crippen LogP contribution in [0.3, 0.4) is 0 Å². The van der Waals surface area contributed by atoms with E-state index in [0.717, 1.165) is 27.6 Å². The van der Waals surface area contributed by atoms with Crippen molar-refractivity contribution >= 4 is 22.4 Å². The zero-order chi connectivity index (χ0) is 20.2. The van der Waals surface area contributed by atoms with E-state index in [1.807, 2.05) is 61.5 Å². The van der Waals surface area contributed by atoms with Crippen molar-refractivity contribution in [1.82, 2.24) is 15.6 Å². The van der Waals surface area contributed by atoms with Crippen LogP contribution in [-0.4, -0.2) is 28.9 Å². The van der Waals surface area contributed by atoms with E-state index in [2.05, 4.69) is 32.9 Å². The molecule has 0 saturated heterocycles. The Bertz CT molecular complexity index is 1190. The van der Waals surface area contributed by atoms with Gasteiger partial charge in [-0.05, 0) is 53.6 Å². The van der Waals surface area contributed by atoms with Crippen molar-refractivity contribution in [2.24, 2.45) is 5.10 Å². The van der Waals surface area contributed by atoms with E-state index in [9.17, 15) is 4.79 Å². The second-order valence-corrected chi connectivity index (χ2v) is 6.56. The first-order chi connectivity index (χ1) is 14.2. The number of nitrogens with zero attached hydrogens (tertiary/aromatic N) is 2. The molecule has 0 aliphatic carbocycles. The lowest BCUT2D eigenvalue weighted by molar-refractivity contribution is 0.0950. The number of methoxy groups -OCH3 is 1. The van der Waals surface area contributed by atoms with Gasteiger partial charge in [0.05, 0.1) is 18.5 Å². The third kappa shape index (κ3) is 3.87. The predicted molar refractivity (Wildman–Crippen MR) is 114 cm³/mol. The molecule has 0 radical (unpaired) electrons. The standard InChI is InChI=1S/C23H20N4O2/c1-15(16-10-12-18(29-2)13-11-16)24-27-23(28)22-14-21(25-26-22)20-9-5-7-17-6-3-4-8-19(17)20/h3-14H,1-2H3,(H,25,26)(H,27,28). The number of H-pyrrole nitrogens is 1. The van der Waals surface area contributed by atoms with Gasteiger partial charge in [0.1, 0.15) is 11.4 Å². The number of hydrogen-bond donors (Lipinski definition) is 2. The minimum atomic E-state index is -0.350. The van der Waals surface area contributed by atoms with Crippen molar-refractivity contribution < 1.29 is 9.53 Å². The fourth-order valence-electron chi connectivity index (χ4n) is 3.12. The quantitative estimate of drug-likeness (QED) is 0.396. The molecule has 1 amide bonds. The normalized spacial score (nSPS) is 11.4. The molecule has 4 rings (SSSR count). The van der Waals surface area contributed by atoms with Gasteiger partial charge in [0.15, 0.2) is 0 Å². The van der Waals surface area contributed by atoms with Crippen molar-refractivity contribution in [2.45, 2.75) is 6.92 Å². The smallest absolute Gasteiger partial charge is 0.289 e. The summed E-state index contributed by atoms with van der Waals surface area (Å²) in [6, 6.07) is 23.3. The van der Waals surface area contributed by atoms with E-state index in [-0.39, 0.29) is 5.91 Å². The summed E-state index contributed by atoms with van der Waals surface area (Å²) >= 11 is 0. The Morgan fingerprint density at radius 2 is 1.79 bits per heavy atom. The number of hydrogen-bond acceptors (Lipinski definition) is 4. The molecule has 0 spiro atoms. The molecule has 0 fully saturated rings. The van der Waals surface area contributed by atoms with Crippen LogP contribution in [0.25, 0.3) is 22.0 Å². The van der Waals surface area contributed by atoms with E-state index in [1.165, 1.54) is 0 Å². The molecule has 0 atom stereocenters. The number of aromatic nitrogens is 2. The van der Waals surface area contributed by atoms with Crippen molar-refractivity contribution in [3.63, 3.8) is 0 Å². The lowest BCUT2D eigenvalue weighted by atomic mass is 10.0. The number of aromatic amines is 1. The third-order valence-electron chi connectivity index (χ3n) is 4.72. The van der Waals surface area contributed by atoms with Crippen LogP contribution in [0.4, 0.5) is 0 Å². The summed E-state index contributed by atoms with van der Waals surface area (Å²) in [7, 11) is 1.62. The average molecular weight is 384 g/mol. The van der Waals surface area contributed by atoms with E-state index < -0.39 is 0 Å². The molecule has 2 N–H and O–H groups in total. The topological polar surface area (TPSA) is 79.4 Å². The molecule has 1 aromatic heterocycles. The molecule has 4 aromatic rings. The highest BCUT2D eigenvalue weighted by Gasteiger charge is 2.12. The van der Waals surface area contributed by atoms with Crippen LogP contribution in [-0.2, 0) is 0 Å². The maximum Gasteiger partial charge on any atom is 0.289 e. The van der Waals surface area contributed by atoms with Crippen LogP contribution >= 0.6 is 0 Å². The van der Waals surface area contributed by atoms with Gasteiger partial charge in [-0.1, -0.05) is 42.5 Å². The molecular formula is C23H20N4O2. The van der Waals surface area contributed by atoms with Gasteiger partial charge in [-0.25, -0.2) is 5.43 Å². The Morgan fingerprint density at radius 1 is 1.03 bits per heavy atom. The molecule has 6 nitrogen and oxygen atoms in total. The van der Waals surface area contributed by atoms with Gasteiger partial charge in [-0.3, -0.25) is 9.89 Å². The molecule has 0 aliphatic rings. The maximum atomic E-state index is 12.5. The predicted octanol–water partition coefficient (Wildman–Crippen LogP) is 4.39. The summed E-state index contributed by atoms with van der Waals surface area (Å²) in [5.41, 5.74) is 6.19. The summed E-state index contributed by atoms with van der Waals surface area (Å²) in [5, 5.41) is 13.5. The number of carbonyl (C=O) groups excluding carboxylic acids is 1. The SMILES string of the molecule is COc1ccc(C(C)=NNC(=O)c2cc(-c3cccc4ccccc34)n[nH]2)cc1. The Balaban J connectivity index is 1.52. The minimum absolute atomic E-state index is 0.346.